The molecule has 0 bridgehead atoms. The molecule has 0 aliphatic carbocycles. The van der Waals surface area contributed by atoms with Crippen molar-refractivity contribution < 1.29 is 13.9 Å². The first-order valence-corrected chi connectivity index (χ1v) is 4.06. The van der Waals surface area contributed by atoms with Crippen LogP contribution in [0.25, 0.3) is 0 Å². The molecule has 0 radical (unpaired) electrons. The van der Waals surface area contributed by atoms with E-state index in [9.17, 15) is 8.78 Å². The van der Waals surface area contributed by atoms with Crippen LogP contribution in [0.4, 0.5) is 8.78 Å². The predicted molar refractivity (Wildman–Crippen MR) is 52.3 cm³/mol. The van der Waals surface area contributed by atoms with Gasteiger partial charge in [0.05, 0.1) is 5.71 Å². The minimum absolute atomic E-state index is 0.376. The number of aliphatic imine (C=N–C) groups is 1. The molecule has 78 valence electrons. The van der Waals surface area contributed by atoms with E-state index >= 15 is 0 Å². The van der Waals surface area contributed by atoms with Gasteiger partial charge in [-0.15, -0.1) is 12.3 Å². The number of hydrogen-bond acceptors (Lipinski definition) is 2. The molecule has 0 aromatic heterocycles. The summed E-state index contributed by atoms with van der Waals surface area (Å²) < 4.78 is 25.5. The van der Waals surface area contributed by atoms with Crippen molar-refractivity contribution in [2.75, 3.05) is 6.61 Å². The van der Waals surface area contributed by atoms with E-state index in [0.717, 1.165) is 12.5 Å². The normalized spacial score (nSPS) is 14.0. The van der Waals surface area contributed by atoms with E-state index < -0.39 is 18.2 Å². The molecular weight excluding hydrogens is 188 g/mol. The molecule has 0 aromatic carbocycles. The second-order valence-corrected chi connectivity index (χ2v) is 2.93. The molecular formula is C10H13F2NO. The monoisotopic (exact) mass is 201 g/mol. The van der Waals surface area contributed by atoms with Crippen molar-refractivity contribution in [2.45, 2.75) is 26.2 Å². The minimum atomic E-state index is -3.26. The van der Waals surface area contributed by atoms with Crippen LogP contribution >= 0.6 is 0 Å². The molecule has 4 heteroatoms. The van der Waals surface area contributed by atoms with Gasteiger partial charge in [0.1, 0.15) is 6.61 Å². The Bertz CT molecular complexity index is 287. The number of terminal acetylenes is 1. The Labute approximate surface area is 82.4 Å². The fourth-order valence-corrected chi connectivity index (χ4v) is 0.622. The van der Waals surface area contributed by atoms with Crippen LogP contribution < -0.4 is 0 Å². The van der Waals surface area contributed by atoms with Crippen molar-refractivity contribution in [3.63, 3.8) is 0 Å². The maximum Gasteiger partial charge on any atom is 0.308 e. The zero-order valence-electron chi connectivity index (χ0n) is 8.22. The molecule has 0 amide bonds. The van der Waals surface area contributed by atoms with Gasteiger partial charge >= 0.3 is 5.92 Å². The van der Waals surface area contributed by atoms with Crippen LogP contribution in [0.15, 0.2) is 16.8 Å². The minimum Gasteiger partial charge on any atom is -0.390 e. The van der Waals surface area contributed by atoms with Crippen molar-refractivity contribution in [2.24, 2.45) is 4.99 Å². The van der Waals surface area contributed by atoms with Crippen LogP contribution in [-0.4, -0.2) is 23.3 Å². The summed E-state index contributed by atoms with van der Waals surface area (Å²) in [6.45, 7) is 1.63. The predicted octanol–water partition coefficient (Wildman–Crippen LogP) is 2.00. The molecule has 2 nitrogen and oxygen atoms in total. The number of halogens is 2. The molecule has 0 aliphatic rings. The van der Waals surface area contributed by atoms with E-state index in [1.54, 1.807) is 6.92 Å². The van der Waals surface area contributed by atoms with E-state index in [-0.39, 0.29) is 0 Å². The average molecular weight is 201 g/mol. The van der Waals surface area contributed by atoms with Gasteiger partial charge in [0.25, 0.3) is 0 Å². The first-order valence-electron chi connectivity index (χ1n) is 4.06. The lowest BCUT2D eigenvalue weighted by atomic mass is 10.2. The molecule has 0 spiro atoms. The van der Waals surface area contributed by atoms with Gasteiger partial charge in [-0.05, 0) is 19.4 Å². The van der Waals surface area contributed by atoms with Crippen LogP contribution in [-0.2, 0) is 0 Å². The molecule has 1 N–H and O–H groups in total. The van der Waals surface area contributed by atoms with E-state index in [2.05, 4.69) is 10.9 Å². The molecule has 0 rings (SSSR count). The zero-order valence-corrected chi connectivity index (χ0v) is 8.22. The van der Waals surface area contributed by atoms with Crippen LogP contribution in [0.1, 0.15) is 20.3 Å². The third-order valence-electron chi connectivity index (χ3n) is 1.59. The third kappa shape index (κ3) is 4.15. The van der Waals surface area contributed by atoms with E-state index in [4.69, 9.17) is 11.5 Å². The van der Waals surface area contributed by atoms with Crippen molar-refractivity contribution in [3.05, 3.63) is 11.8 Å². The molecule has 0 aromatic rings. The second kappa shape index (κ2) is 5.51. The number of aliphatic hydroxyl groups excluding tert-OH is 1. The first-order chi connectivity index (χ1) is 6.44. The highest BCUT2D eigenvalue weighted by molar-refractivity contribution is 5.89. The first kappa shape index (κ1) is 12.8. The van der Waals surface area contributed by atoms with E-state index in [1.807, 2.05) is 0 Å². The highest BCUT2D eigenvalue weighted by Gasteiger charge is 2.31. The summed E-state index contributed by atoms with van der Waals surface area (Å²) in [5, 5.41) is 8.35. The largest absolute Gasteiger partial charge is 0.390 e. The number of alkyl halides is 2. The van der Waals surface area contributed by atoms with E-state index in [0.29, 0.717) is 6.42 Å². The number of allylic oxidation sites excluding steroid dienone is 1. The quantitative estimate of drug-likeness (QED) is 0.547. The summed E-state index contributed by atoms with van der Waals surface area (Å²) in [6, 6.07) is 0. The summed E-state index contributed by atoms with van der Waals surface area (Å²) in [6.07, 6.45) is 6.69. The van der Waals surface area contributed by atoms with Gasteiger partial charge in [0.15, 0.2) is 0 Å². The number of nitrogens with zero attached hydrogens (tertiary/aromatic N) is 1. The average Bonchev–Trinajstić information content (AvgIpc) is 2.14. The SMILES string of the molecule is C#CC/C(C)=C\N=C(/C)C(F)(F)CO. The van der Waals surface area contributed by atoms with Gasteiger partial charge in [-0.2, -0.15) is 8.78 Å². The van der Waals surface area contributed by atoms with Crippen molar-refractivity contribution in [1.82, 2.24) is 0 Å². The number of aliphatic hydroxyl groups is 1. The molecule has 0 atom stereocenters. The molecule has 0 saturated carbocycles. The standard InChI is InChI=1S/C10H13F2NO/c1-4-5-8(2)6-13-9(3)10(11,12)7-14/h1,6,14H,5,7H2,2-3H3/b8-6-,13-9+. The fraction of sp³-hybridized carbons (Fsp3) is 0.500. The van der Waals surface area contributed by atoms with Crippen LogP contribution in [0.2, 0.25) is 0 Å². The van der Waals surface area contributed by atoms with Crippen LogP contribution in [0.5, 0.6) is 0 Å². The summed E-state index contributed by atoms with van der Waals surface area (Å²) >= 11 is 0. The van der Waals surface area contributed by atoms with Crippen molar-refractivity contribution in [3.8, 4) is 12.3 Å². The number of rotatable bonds is 4. The Hall–Kier alpha value is -1.21. The Balaban J connectivity index is 4.55. The van der Waals surface area contributed by atoms with E-state index in [1.165, 1.54) is 6.20 Å². The topological polar surface area (TPSA) is 32.6 Å². The second-order valence-electron chi connectivity index (χ2n) is 2.93. The van der Waals surface area contributed by atoms with Gasteiger partial charge in [0, 0.05) is 12.6 Å². The summed E-state index contributed by atoms with van der Waals surface area (Å²) in [7, 11) is 0. The fourth-order valence-electron chi connectivity index (χ4n) is 0.622. The Morgan fingerprint density at radius 2 is 2.14 bits per heavy atom. The van der Waals surface area contributed by atoms with Gasteiger partial charge < -0.3 is 5.11 Å². The van der Waals surface area contributed by atoms with Crippen molar-refractivity contribution in [1.29, 1.82) is 0 Å². The molecule has 0 fully saturated rings. The number of hydrogen-bond donors (Lipinski definition) is 1. The lowest BCUT2D eigenvalue weighted by Crippen LogP contribution is -2.30. The smallest absolute Gasteiger partial charge is 0.308 e. The highest BCUT2D eigenvalue weighted by Crippen LogP contribution is 2.15. The molecule has 0 saturated heterocycles. The highest BCUT2D eigenvalue weighted by atomic mass is 19.3. The summed E-state index contributed by atoms with van der Waals surface area (Å²) in [4.78, 5) is 3.53. The van der Waals surface area contributed by atoms with Gasteiger partial charge in [-0.3, -0.25) is 4.99 Å². The third-order valence-corrected chi connectivity index (χ3v) is 1.59. The molecule has 0 unspecified atom stereocenters. The van der Waals surface area contributed by atoms with Gasteiger partial charge in [-0.25, -0.2) is 0 Å². The Morgan fingerprint density at radius 3 is 2.57 bits per heavy atom. The lowest BCUT2D eigenvalue weighted by molar-refractivity contribution is 0.0134. The van der Waals surface area contributed by atoms with Crippen LogP contribution in [0, 0.1) is 12.3 Å². The van der Waals surface area contributed by atoms with Crippen molar-refractivity contribution >= 4 is 5.71 Å². The summed E-state index contributed by atoms with van der Waals surface area (Å²) in [5.74, 6) is -0.888. The maximum absolute atomic E-state index is 12.7. The lowest BCUT2D eigenvalue weighted by Gasteiger charge is -2.11. The Morgan fingerprint density at radius 1 is 1.57 bits per heavy atom. The summed E-state index contributed by atoms with van der Waals surface area (Å²) in [5.41, 5.74) is 0.303. The molecule has 14 heavy (non-hydrogen) atoms. The van der Waals surface area contributed by atoms with Gasteiger partial charge in [-0.1, -0.05) is 0 Å². The van der Waals surface area contributed by atoms with Gasteiger partial charge in [0.2, 0.25) is 0 Å². The Kier molecular flexibility index (Phi) is 5.03. The molecule has 0 aliphatic heterocycles. The maximum atomic E-state index is 12.7. The molecule has 0 heterocycles. The van der Waals surface area contributed by atoms with Crippen LogP contribution in [0.3, 0.4) is 0 Å². The zero-order chi connectivity index (χ0) is 11.2.